The molecule has 4 rings (SSSR count). The van der Waals surface area contributed by atoms with E-state index in [0.29, 0.717) is 23.8 Å². The predicted molar refractivity (Wildman–Crippen MR) is 137 cm³/mol. The fourth-order valence-electron chi connectivity index (χ4n) is 3.93. The third-order valence-electron chi connectivity index (χ3n) is 6.23. The molecule has 0 radical (unpaired) electrons. The van der Waals surface area contributed by atoms with Crippen LogP contribution >= 0.6 is 0 Å². The number of hydrogen-bond acceptors (Lipinski definition) is 4. The molecule has 0 unspecified atom stereocenters. The molecule has 0 bridgehead atoms. The van der Waals surface area contributed by atoms with Crippen LogP contribution in [-0.2, 0) is 6.54 Å². The summed E-state index contributed by atoms with van der Waals surface area (Å²) in [6.07, 6.45) is 0.709. The number of para-hydroxylation sites is 1. The summed E-state index contributed by atoms with van der Waals surface area (Å²) in [5.74, 6) is 0.906. The van der Waals surface area contributed by atoms with Gasteiger partial charge in [-0.3, -0.25) is 4.79 Å². The van der Waals surface area contributed by atoms with Crippen molar-refractivity contribution in [3.05, 3.63) is 102 Å². The number of carbonyl (C=O) groups excluding carboxylic acids is 1. The van der Waals surface area contributed by atoms with Gasteiger partial charge < -0.3 is 14.4 Å². The molecule has 36 heavy (non-hydrogen) atoms. The first kappa shape index (κ1) is 25.0. The highest BCUT2D eigenvalue weighted by Crippen LogP contribution is 2.33. The highest BCUT2D eigenvalue weighted by Gasteiger charge is 2.28. The lowest BCUT2D eigenvalue weighted by molar-refractivity contribution is 0.0665. The number of hydrogen-bond donors (Lipinski definition) is 0. The van der Waals surface area contributed by atoms with Gasteiger partial charge in [0.2, 0.25) is 5.88 Å². The lowest BCUT2D eigenvalue weighted by Gasteiger charge is -2.29. The molecular weight excluding hydrogens is 457 g/mol. The molecule has 0 aliphatic rings. The lowest BCUT2D eigenvalue weighted by atomic mass is 10.1. The summed E-state index contributed by atoms with van der Waals surface area (Å²) in [6, 6.07) is 22.9. The maximum Gasteiger partial charge on any atom is 0.257 e. The van der Waals surface area contributed by atoms with Crippen molar-refractivity contribution in [2.45, 2.75) is 39.8 Å². The molecule has 0 fully saturated rings. The van der Waals surface area contributed by atoms with Gasteiger partial charge in [0.1, 0.15) is 17.3 Å². The van der Waals surface area contributed by atoms with Crippen LogP contribution in [0.1, 0.15) is 41.9 Å². The zero-order valence-electron chi connectivity index (χ0n) is 20.9. The number of ether oxygens (including phenoxy) is 2. The second-order valence-corrected chi connectivity index (χ2v) is 8.56. The normalized spacial score (nSPS) is 11.7. The third-order valence-corrected chi connectivity index (χ3v) is 6.23. The molecular formula is C29H30FN3O3. The summed E-state index contributed by atoms with van der Waals surface area (Å²) in [6.45, 7) is 6.06. The van der Waals surface area contributed by atoms with Gasteiger partial charge in [0.25, 0.3) is 5.91 Å². The van der Waals surface area contributed by atoms with Crippen LogP contribution in [0.5, 0.6) is 17.4 Å². The maximum atomic E-state index is 14.5. The predicted octanol–water partition coefficient (Wildman–Crippen LogP) is 6.56. The molecule has 0 saturated carbocycles. The van der Waals surface area contributed by atoms with Crippen LogP contribution in [0.15, 0.2) is 78.9 Å². The first-order valence-corrected chi connectivity index (χ1v) is 11.9. The summed E-state index contributed by atoms with van der Waals surface area (Å²) < 4.78 is 27.9. The average molecular weight is 488 g/mol. The van der Waals surface area contributed by atoms with E-state index in [1.807, 2.05) is 75.4 Å². The molecule has 1 atom stereocenters. The summed E-state index contributed by atoms with van der Waals surface area (Å²) >= 11 is 0. The summed E-state index contributed by atoms with van der Waals surface area (Å²) in [5.41, 5.74) is 2.34. The Bertz CT molecular complexity index is 1320. The molecule has 1 amide bonds. The topological polar surface area (TPSA) is 56.6 Å². The van der Waals surface area contributed by atoms with Gasteiger partial charge in [0.05, 0.1) is 36.2 Å². The van der Waals surface area contributed by atoms with Crippen molar-refractivity contribution in [3.8, 4) is 23.1 Å². The Morgan fingerprint density at radius 2 is 1.64 bits per heavy atom. The molecule has 3 aromatic carbocycles. The monoisotopic (exact) mass is 487 g/mol. The van der Waals surface area contributed by atoms with E-state index in [1.165, 1.54) is 12.1 Å². The third kappa shape index (κ3) is 5.25. The number of aromatic nitrogens is 2. The minimum atomic E-state index is -0.540. The van der Waals surface area contributed by atoms with Crippen LogP contribution in [0.25, 0.3) is 5.69 Å². The zero-order chi connectivity index (χ0) is 25.7. The number of aryl methyl sites for hydroxylation is 1. The Hall–Kier alpha value is -4.13. The first-order valence-electron chi connectivity index (χ1n) is 11.9. The lowest BCUT2D eigenvalue weighted by Crippen LogP contribution is -2.38. The molecule has 0 spiro atoms. The van der Waals surface area contributed by atoms with E-state index < -0.39 is 5.82 Å². The van der Waals surface area contributed by atoms with E-state index in [0.717, 1.165) is 16.9 Å². The molecule has 6 nitrogen and oxygen atoms in total. The van der Waals surface area contributed by atoms with Crippen molar-refractivity contribution in [2.75, 3.05) is 7.11 Å². The number of rotatable bonds is 9. The minimum absolute atomic E-state index is 0.0449. The summed E-state index contributed by atoms with van der Waals surface area (Å²) in [5, 5.41) is 4.75. The van der Waals surface area contributed by atoms with E-state index >= 15 is 0 Å². The van der Waals surface area contributed by atoms with Crippen molar-refractivity contribution in [1.29, 1.82) is 0 Å². The summed E-state index contributed by atoms with van der Waals surface area (Å²) in [4.78, 5) is 15.2. The largest absolute Gasteiger partial charge is 0.497 e. The van der Waals surface area contributed by atoms with Crippen LogP contribution in [0.3, 0.4) is 0 Å². The number of benzene rings is 3. The molecule has 0 saturated heterocycles. The zero-order valence-corrected chi connectivity index (χ0v) is 20.9. The van der Waals surface area contributed by atoms with Crippen LogP contribution in [-0.4, -0.2) is 33.7 Å². The Morgan fingerprint density at radius 1 is 1.00 bits per heavy atom. The number of nitrogens with zero attached hydrogens (tertiary/aromatic N) is 3. The Morgan fingerprint density at radius 3 is 2.28 bits per heavy atom. The molecule has 1 heterocycles. The molecule has 0 aliphatic carbocycles. The minimum Gasteiger partial charge on any atom is -0.497 e. The van der Waals surface area contributed by atoms with Crippen LogP contribution in [0.2, 0.25) is 0 Å². The van der Waals surface area contributed by atoms with Crippen molar-refractivity contribution in [3.63, 3.8) is 0 Å². The average Bonchev–Trinajstić information content (AvgIpc) is 3.22. The quantitative estimate of drug-likeness (QED) is 0.268. The van der Waals surface area contributed by atoms with Gasteiger partial charge in [0, 0.05) is 6.04 Å². The number of methoxy groups -OCH3 is 1. The van der Waals surface area contributed by atoms with Gasteiger partial charge in [-0.25, -0.2) is 9.07 Å². The SMILES string of the molecule is CC[C@H](C)N(Cc1c(C)nn(-c2ccccc2)c1Oc1ccc(OC)cc1)C(=O)c1ccccc1F. The van der Waals surface area contributed by atoms with Gasteiger partial charge in [-0.1, -0.05) is 37.3 Å². The second kappa shape index (κ2) is 11.1. The van der Waals surface area contributed by atoms with Gasteiger partial charge in [-0.15, -0.1) is 0 Å². The fraction of sp³-hybridized carbons (Fsp3) is 0.241. The van der Waals surface area contributed by atoms with Crippen molar-refractivity contribution in [2.24, 2.45) is 0 Å². The van der Waals surface area contributed by atoms with E-state index in [9.17, 15) is 9.18 Å². The van der Waals surface area contributed by atoms with Gasteiger partial charge >= 0.3 is 0 Å². The standard InChI is InChI=1S/C29H30FN3O3/c1-5-20(2)32(28(34)25-13-9-10-14-27(25)30)19-26-21(3)31-33(22-11-7-6-8-12-22)29(26)36-24-17-15-23(35-4)16-18-24/h6-18,20H,5,19H2,1-4H3/t20-/m0/s1. The molecule has 186 valence electrons. The van der Waals surface area contributed by atoms with Crippen LogP contribution < -0.4 is 9.47 Å². The number of carbonyl (C=O) groups is 1. The van der Waals surface area contributed by atoms with E-state index in [-0.39, 0.29) is 24.1 Å². The van der Waals surface area contributed by atoms with Gasteiger partial charge in [0.15, 0.2) is 0 Å². The van der Waals surface area contributed by atoms with Crippen LogP contribution in [0.4, 0.5) is 4.39 Å². The number of amides is 1. The highest BCUT2D eigenvalue weighted by molar-refractivity contribution is 5.94. The second-order valence-electron chi connectivity index (χ2n) is 8.56. The van der Waals surface area contributed by atoms with Crippen molar-refractivity contribution < 1.29 is 18.7 Å². The van der Waals surface area contributed by atoms with E-state index in [1.54, 1.807) is 28.8 Å². The Balaban J connectivity index is 1.78. The molecule has 1 aromatic heterocycles. The Labute approximate surface area is 210 Å². The maximum absolute atomic E-state index is 14.5. The van der Waals surface area contributed by atoms with Gasteiger partial charge in [-0.05, 0) is 68.8 Å². The van der Waals surface area contributed by atoms with E-state index in [2.05, 4.69) is 0 Å². The summed E-state index contributed by atoms with van der Waals surface area (Å²) in [7, 11) is 1.61. The fourth-order valence-corrected chi connectivity index (χ4v) is 3.93. The first-order chi connectivity index (χ1) is 17.4. The smallest absolute Gasteiger partial charge is 0.257 e. The molecule has 0 N–H and O–H groups in total. The Kier molecular flexibility index (Phi) is 7.68. The molecule has 4 aromatic rings. The molecule has 7 heteroatoms. The van der Waals surface area contributed by atoms with Crippen LogP contribution in [0, 0.1) is 12.7 Å². The number of halogens is 1. The van der Waals surface area contributed by atoms with E-state index in [4.69, 9.17) is 14.6 Å². The highest BCUT2D eigenvalue weighted by atomic mass is 19.1. The van der Waals surface area contributed by atoms with Gasteiger partial charge in [-0.2, -0.15) is 5.10 Å². The van der Waals surface area contributed by atoms with Crippen molar-refractivity contribution >= 4 is 5.91 Å². The molecule has 0 aliphatic heterocycles. The van der Waals surface area contributed by atoms with Crippen molar-refractivity contribution in [1.82, 2.24) is 14.7 Å².